The Morgan fingerprint density at radius 1 is 1.73 bits per heavy atom. The second-order valence-electron chi connectivity index (χ2n) is 3.82. The van der Waals surface area contributed by atoms with Gasteiger partial charge >= 0.3 is 0 Å². The summed E-state index contributed by atoms with van der Waals surface area (Å²) in [5, 5.41) is 0. The molecule has 0 saturated heterocycles. The fourth-order valence-corrected chi connectivity index (χ4v) is 1.57. The Balaban J connectivity index is 2.86. The minimum Gasteiger partial charge on any atom is -0.133 e. The molecule has 0 radical (unpaired) electrons. The third-order valence-electron chi connectivity index (χ3n) is 2.94. The SMILES string of the molecule is C=C=CC1CC=C(C)C1(C)C. The third kappa shape index (κ3) is 1.32. The Hall–Kier alpha value is -0.740. The van der Waals surface area contributed by atoms with Crippen molar-refractivity contribution in [1.29, 1.82) is 0 Å². The highest BCUT2D eigenvalue weighted by molar-refractivity contribution is 5.21. The van der Waals surface area contributed by atoms with Crippen LogP contribution in [0.25, 0.3) is 0 Å². The number of hydrogen-bond acceptors (Lipinski definition) is 0. The molecule has 0 heteroatoms. The zero-order valence-electron chi connectivity index (χ0n) is 7.65. The summed E-state index contributed by atoms with van der Waals surface area (Å²) in [4.78, 5) is 0. The molecule has 0 spiro atoms. The van der Waals surface area contributed by atoms with Crippen molar-refractivity contribution in [2.24, 2.45) is 11.3 Å². The van der Waals surface area contributed by atoms with Crippen LogP contribution in [0.4, 0.5) is 0 Å². The number of rotatable bonds is 1. The van der Waals surface area contributed by atoms with Crippen molar-refractivity contribution in [2.45, 2.75) is 27.2 Å². The van der Waals surface area contributed by atoms with E-state index in [0.717, 1.165) is 6.42 Å². The van der Waals surface area contributed by atoms with Crippen molar-refractivity contribution in [1.82, 2.24) is 0 Å². The molecule has 1 atom stereocenters. The zero-order valence-corrected chi connectivity index (χ0v) is 7.65. The molecule has 0 aromatic heterocycles. The van der Waals surface area contributed by atoms with Gasteiger partial charge < -0.3 is 0 Å². The minimum absolute atomic E-state index is 0.324. The standard InChI is InChI=1S/C11H16/c1-5-6-10-8-7-9(2)11(10,3)4/h6-7,10H,1,8H2,2-4H3. The summed E-state index contributed by atoms with van der Waals surface area (Å²) in [6, 6.07) is 0. The Morgan fingerprint density at radius 2 is 2.36 bits per heavy atom. The highest BCUT2D eigenvalue weighted by Gasteiger charge is 2.32. The van der Waals surface area contributed by atoms with Gasteiger partial charge in [-0.25, -0.2) is 0 Å². The predicted octanol–water partition coefficient (Wildman–Crippen LogP) is 3.32. The van der Waals surface area contributed by atoms with Crippen LogP contribution in [0.15, 0.2) is 30.0 Å². The molecule has 11 heavy (non-hydrogen) atoms. The zero-order chi connectivity index (χ0) is 8.48. The quantitative estimate of drug-likeness (QED) is 0.395. The summed E-state index contributed by atoms with van der Waals surface area (Å²) in [6.45, 7) is 10.4. The molecule has 1 unspecified atom stereocenters. The number of allylic oxidation sites excluding steroid dienone is 3. The maximum absolute atomic E-state index is 3.61. The van der Waals surface area contributed by atoms with E-state index >= 15 is 0 Å². The van der Waals surface area contributed by atoms with Crippen LogP contribution in [0, 0.1) is 11.3 Å². The molecular formula is C11H16. The third-order valence-corrected chi connectivity index (χ3v) is 2.94. The van der Waals surface area contributed by atoms with E-state index in [9.17, 15) is 0 Å². The van der Waals surface area contributed by atoms with E-state index in [4.69, 9.17) is 0 Å². The normalized spacial score (nSPS) is 27.5. The summed E-state index contributed by atoms with van der Waals surface area (Å²) in [6.07, 6.45) is 5.56. The highest BCUT2D eigenvalue weighted by Crippen LogP contribution is 2.43. The summed E-state index contributed by atoms with van der Waals surface area (Å²) >= 11 is 0. The summed E-state index contributed by atoms with van der Waals surface area (Å²) < 4.78 is 0. The lowest BCUT2D eigenvalue weighted by Gasteiger charge is -2.26. The van der Waals surface area contributed by atoms with Crippen LogP contribution in [-0.4, -0.2) is 0 Å². The Kier molecular flexibility index (Phi) is 2.06. The van der Waals surface area contributed by atoms with Gasteiger partial charge in [-0.3, -0.25) is 0 Å². The van der Waals surface area contributed by atoms with Gasteiger partial charge in [0.15, 0.2) is 0 Å². The molecule has 0 amide bonds. The molecule has 1 rings (SSSR count). The van der Waals surface area contributed by atoms with E-state index in [-0.39, 0.29) is 0 Å². The first-order chi connectivity index (χ1) is 5.09. The van der Waals surface area contributed by atoms with Crippen molar-refractivity contribution in [3.05, 3.63) is 30.0 Å². The van der Waals surface area contributed by atoms with Crippen LogP contribution in [0.1, 0.15) is 27.2 Å². The van der Waals surface area contributed by atoms with E-state index in [0.29, 0.717) is 11.3 Å². The highest BCUT2D eigenvalue weighted by atomic mass is 14.4. The topological polar surface area (TPSA) is 0 Å². The molecule has 1 aliphatic carbocycles. The van der Waals surface area contributed by atoms with Crippen LogP contribution < -0.4 is 0 Å². The fraction of sp³-hybridized carbons (Fsp3) is 0.545. The summed E-state index contributed by atoms with van der Waals surface area (Å²) in [5.41, 5.74) is 4.70. The maximum atomic E-state index is 3.61. The first-order valence-corrected chi connectivity index (χ1v) is 4.12. The maximum Gasteiger partial charge on any atom is -0.00345 e. The van der Waals surface area contributed by atoms with E-state index in [2.05, 4.69) is 45.2 Å². The smallest absolute Gasteiger partial charge is 0.00345 e. The molecule has 1 aliphatic rings. The molecule has 0 fully saturated rings. The number of hydrogen-bond donors (Lipinski definition) is 0. The van der Waals surface area contributed by atoms with Crippen LogP contribution in [0.5, 0.6) is 0 Å². The molecule has 0 aliphatic heterocycles. The van der Waals surface area contributed by atoms with Gasteiger partial charge in [0.25, 0.3) is 0 Å². The van der Waals surface area contributed by atoms with Crippen LogP contribution in [0.3, 0.4) is 0 Å². The first-order valence-electron chi connectivity index (χ1n) is 4.12. The average molecular weight is 148 g/mol. The van der Waals surface area contributed by atoms with Crippen LogP contribution >= 0.6 is 0 Å². The van der Waals surface area contributed by atoms with Gasteiger partial charge in [0.1, 0.15) is 0 Å². The van der Waals surface area contributed by atoms with Crippen LogP contribution in [0.2, 0.25) is 0 Å². The predicted molar refractivity (Wildman–Crippen MR) is 49.4 cm³/mol. The minimum atomic E-state index is 0.324. The van der Waals surface area contributed by atoms with Gasteiger partial charge in [0.05, 0.1) is 0 Å². The van der Waals surface area contributed by atoms with E-state index in [1.54, 1.807) is 0 Å². The van der Waals surface area contributed by atoms with Gasteiger partial charge in [-0.1, -0.05) is 32.1 Å². The molecule has 0 nitrogen and oxygen atoms in total. The van der Waals surface area contributed by atoms with Gasteiger partial charge in [0.2, 0.25) is 0 Å². The summed E-state index contributed by atoms with van der Waals surface area (Å²) in [5.74, 6) is 0.611. The average Bonchev–Trinajstić information content (AvgIpc) is 2.16. The van der Waals surface area contributed by atoms with Crippen molar-refractivity contribution >= 4 is 0 Å². The van der Waals surface area contributed by atoms with Crippen molar-refractivity contribution in [3.8, 4) is 0 Å². The molecule has 0 saturated carbocycles. The van der Waals surface area contributed by atoms with Crippen LogP contribution in [-0.2, 0) is 0 Å². The van der Waals surface area contributed by atoms with Crippen molar-refractivity contribution < 1.29 is 0 Å². The lowest BCUT2D eigenvalue weighted by Crippen LogP contribution is -2.18. The molecule has 60 valence electrons. The Labute approximate surface area is 69.3 Å². The second-order valence-corrected chi connectivity index (χ2v) is 3.82. The summed E-state index contributed by atoms with van der Waals surface area (Å²) in [7, 11) is 0. The largest absolute Gasteiger partial charge is 0.133 e. The molecule has 0 aromatic rings. The van der Waals surface area contributed by atoms with E-state index < -0.39 is 0 Å². The fourth-order valence-electron chi connectivity index (χ4n) is 1.57. The molecule has 0 heterocycles. The van der Waals surface area contributed by atoms with E-state index in [1.165, 1.54) is 5.57 Å². The van der Waals surface area contributed by atoms with Crippen molar-refractivity contribution in [2.75, 3.05) is 0 Å². The Bertz CT molecular complexity index is 224. The van der Waals surface area contributed by atoms with Gasteiger partial charge in [-0.2, -0.15) is 0 Å². The van der Waals surface area contributed by atoms with Gasteiger partial charge in [0, 0.05) is 0 Å². The monoisotopic (exact) mass is 148 g/mol. The Morgan fingerprint density at radius 3 is 2.73 bits per heavy atom. The second kappa shape index (κ2) is 2.71. The first kappa shape index (κ1) is 8.36. The molecule has 0 aromatic carbocycles. The molecule has 0 N–H and O–H groups in total. The lowest BCUT2D eigenvalue weighted by molar-refractivity contribution is 0.352. The lowest BCUT2D eigenvalue weighted by atomic mass is 9.78. The van der Waals surface area contributed by atoms with Gasteiger partial charge in [-0.05, 0) is 30.8 Å². The molecule has 0 bridgehead atoms. The van der Waals surface area contributed by atoms with Crippen molar-refractivity contribution in [3.63, 3.8) is 0 Å². The van der Waals surface area contributed by atoms with E-state index in [1.807, 2.05) is 0 Å². The molecular weight excluding hydrogens is 132 g/mol. The van der Waals surface area contributed by atoms with Gasteiger partial charge in [-0.15, -0.1) is 5.73 Å².